The van der Waals surface area contributed by atoms with E-state index in [-0.39, 0.29) is 17.9 Å². The Hall–Kier alpha value is -2.54. The molecule has 258 valence electrons. The minimum atomic E-state index is -2.38. The van der Waals surface area contributed by atoms with Gasteiger partial charge in [0, 0.05) is 17.8 Å². The number of carbonyl (C=O) groups is 5. The highest BCUT2D eigenvalue weighted by Crippen LogP contribution is 2.41. The summed E-state index contributed by atoms with van der Waals surface area (Å²) in [5.41, 5.74) is -1.46. The van der Waals surface area contributed by atoms with Crippen molar-refractivity contribution < 1.29 is 32.7 Å². The zero-order chi connectivity index (χ0) is 33.1. The Kier molecular flexibility index (Phi) is 11.1. The maximum Gasteiger partial charge on any atom is 0.315 e. The summed E-state index contributed by atoms with van der Waals surface area (Å²) in [5.74, 6) is -1.81. The molecule has 4 N–H and O–H groups in total. The van der Waals surface area contributed by atoms with Gasteiger partial charge in [0.1, 0.15) is 12.1 Å². The van der Waals surface area contributed by atoms with Crippen LogP contribution in [0.15, 0.2) is 0 Å². The quantitative estimate of drug-likeness (QED) is 0.173. The standard InChI is InChI=1S/C33H53N5O7S/c1-21(46(44)45)33(17-7-4-8-18-33)37-31(43)36-27(32(2)15-5-3-6-16-32)30(42)38-19-9-10-25(38)28(40)35-24(20-22-11-12-22)26(39)29(41)34-23-13-14-23/h21-25,27H,3-20H2,1-2H3,(H,34,41)(H,35,40)(H,44,45)(H2,36,37,43)/p-1. The maximum absolute atomic E-state index is 14.4. The first kappa shape index (κ1) is 34.8. The van der Waals surface area contributed by atoms with E-state index in [1.165, 1.54) is 4.90 Å². The fourth-order valence-corrected chi connectivity index (χ4v) is 8.54. The van der Waals surface area contributed by atoms with Gasteiger partial charge in [-0.15, -0.1) is 0 Å². The van der Waals surface area contributed by atoms with E-state index < -0.39 is 69.0 Å². The fraction of sp³-hybridized carbons (Fsp3) is 0.848. The largest absolute Gasteiger partial charge is 0.772 e. The Balaban J connectivity index is 1.31. The number of carbonyl (C=O) groups excluding carboxylic acids is 5. The second-order valence-corrected chi connectivity index (χ2v) is 16.1. The molecule has 0 aromatic rings. The molecular weight excluding hydrogens is 610 g/mol. The van der Waals surface area contributed by atoms with Crippen molar-refractivity contribution in [2.24, 2.45) is 11.3 Å². The lowest BCUT2D eigenvalue weighted by Gasteiger charge is -2.45. The van der Waals surface area contributed by atoms with Crippen LogP contribution in [-0.2, 0) is 30.3 Å². The molecule has 46 heavy (non-hydrogen) atoms. The van der Waals surface area contributed by atoms with Crippen molar-refractivity contribution in [2.45, 2.75) is 158 Å². The van der Waals surface area contributed by atoms with E-state index in [0.29, 0.717) is 38.6 Å². The summed E-state index contributed by atoms with van der Waals surface area (Å²) in [6.45, 7) is 3.96. The van der Waals surface area contributed by atoms with Crippen molar-refractivity contribution in [3.8, 4) is 0 Å². The van der Waals surface area contributed by atoms with Gasteiger partial charge in [0.2, 0.25) is 17.6 Å². The molecule has 1 heterocycles. The van der Waals surface area contributed by atoms with Crippen LogP contribution in [0.2, 0.25) is 0 Å². The maximum atomic E-state index is 14.4. The van der Waals surface area contributed by atoms with E-state index >= 15 is 0 Å². The monoisotopic (exact) mass is 662 g/mol. The third-order valence-corrected chi connectivity index (χ3v) is 12.3. The lowest BCUT2D eigenvalue weighted by atomic mass is 9.70. The first-order valence-corrected chi connectivity index (χ1v) is 18.7. The number of likely N-dealkylation sites (tertiary alicyclic amines) is 1. The highest BCUT2D eigenvalue weighted by Gasteiger charge is 2.48. The van der Waals surface area contributed by atoms with Gasteiger partial charge in [0.05, 0.1) is 11.6 Å². The Morgan fingerprint density at radius 3 is 2.09 bits per heavy atom. The number of hydrogen-bond acceptors (Lipinski definition) is 7. The number of hydrogen-bond donors (Lipinski definition) is 4. The van der Waals surface area contributed by atoms with Crippen molar-refractivity contribution in [3.05, 3.63) is 0 Å². The van der Waals surface area contributed by atoms with Crippen LogP contribution in [0, 0.1) is 11.3 Å². The van der Waals surface area contributed by atoms with E-state index in [1.807, 2.05) is 6.92 Å². The highest BCUT2D eigenvalue weighted by molar-refractivity contribution is 7.79. The van der Waals surface area contributed by atoms with Crippen molar-refractivity contribution in [1.82, 2.24) is 26.2 Å². The van der Waals surface area contributed by atoms with Gasteiger partial charge in [0.15, 0.2) is 0 Å². The van der Waals surface area contributed by atoms with Gasteiger partial charge in [-0.1, -0.05) is 69.4 Å². The summed E-state index contributed by atoms with van der Waals surface area (Å²) in [5, 5.41) is 10.8. The molecule has 5 unspecified atom stereocenters. The second-order valence-electron chi connectivity index (χ2n) is 14.9. The van der Waals surface area contributed by atoms with E-state index in [0.717, 1.165) is 77.0 Å². The number of urea groups is 1. The fourth-order valence-electron chi connectivity index (χ4n) is 7.87. The van der Waals surface area contributed by atoms with Crippen LogP contribution < -0.4 is 21.3 Å². The minimum absolute atomic E-state index is 0.0260. The molecule has 1 saturated heterocycles. The molecular formula is C33H52N5O7S-. The zero-order valence-corrected chi connectivity index (χ0v) is 28.2. The summed E-state index contributed by atoms with van der Waals surface area (Å²) in [4.78, 5) is 69.1. The molecule has 5 fully saturated rings. The van der Waals surface area contributed by atoms with Crippen molar-refractivity contribution in [2.75, 3.05) is 6.54 Å². The number of rotatable bonds is 13. The normalized spacial score (nSPS) is 26.6. The number of amides is 5. The Morgan fingerprint density at radius 1 is 0.870 bits per heavy atom. The molecule has 1 aliphatic heterocycles. The van der Waals surface area contributed by atoms with Crippen LogP contribution in [0.5, 0.6) is 0 Å². The smallest absolute Gasteiger partial charge is 0.315 e. The van der Waals surface area contributed by atoms with Gasteiger partial charge in [0.25, 0.3) is 5.91 Å². The molecule has 5 aliphatic rings. The van der Waals surface area contributed by atoms with Gasteiger partial charge in [-0.2, -0.15) is 0 Å². The average Bonchev–Trinajstić information content (AvgIpc) is 3.97. The molecule has 0 bridgehead atoms. The molecule has 5 rings (SSSR count). The Bertz CT molecular complexity index is 1190. The third-order valence-electron chi connectivity index (χ3n) is 11.3. The van der Waals surface area contributed by atoms with Crippen LogP contribution in [0.1, 0.15) is 123 Å². The predicted octanol–water partition coefficient (Wildman–Crippen LogP) is 2.72. The Morgan fingerprint density at radius 2 is 1.50 bits per heavy atom. The molecule has 0 aromatic carbocycles. The average molecular weight is 663 g/mol. The molecule has 4 aliphatic carbocycles. The lowest BCUT2D eigenvalue weighted by Crippen LogP contribution is -2.65. The summed E-state index contributed by atoms with van der Waals surface area (Å²) in [6.07, 6.45) is 13.0. The summed E-state index contributed by atoms with van der Waals surface area (Å²) in [7, 11) is 0. The van der Waals surface area contributed by atoms with Gasteiger partial charge < -0.3 is 30.7 Å². The highest BCUT2D eigenvalue weighted by atomic mass is 32.2. The van der Waals surface area contributed by atoms with Crippen LogP contribution in [-0.4, -0.2) is 84.7 Å². The number of ketones is 1. The summed E-state index contributed by atoms with van der Waals surface area (Å²) in [6, 6.07) is -3.21. The Labute approximate surface area is 275 Å². The van der Waals surface area contributed by atoms with Crippen molar-refractivity contribution in [1.29, 1.82) is 0 Å². The predicted molar refractivity (Wildman–Crippen MR) is 171 cm³/mol. The second kappa shape index (κ2) is 14.7. The number of Topliss-reactive ketones (excluding diaryl/α,β-unsaturated/α-hetero) is 1. The molecule has 12 nitrogen and oxygen atoms in total. The zero-order valence-electron chi connectivity index (χ0n) is 27.4. The molecule has 0 radical (unpaired) electrons. The third kappa shape index (κ3) is 8.29. The molecule has 0 spiro atoms. The van der Waals surface area contributed by atoms with Gasteiger partial charge in [-0.05, 0) is 76.0 Å². The van der Waals surface area contributed by atoms with E-state index in [2.05, 4.69) is 21.3 Å². The van der Waals surface area contributed by atoms with E-state index in [9.17, 15) is 32.7 Å². The molecule has 5 atom stereocenters. The van der Waals surface area contributed by atoms with E-state index in [1.54, 1.807) is 6.92 Å². The molecule has 13 heteroatoms. The van der Waals surface area contributed by atoms with Gasteiger partial charge in [-0.3, -0.25) is 23.4 Å². The SMILES string of the molecule is CC(S(=O)[O-])C1(NC(=O)NC(C(=O)N2CCCC2C(=O)NC(CC2CC2)C(=O)C(=O)NC2CC2)C2(C)CCCCC2)CCCCC1. The number of nitrogens with one attached hydrogen (secondary N) is 4. The topological polar surface area (TPSA) is 177 Å². The minimum Gasteiger partial charge on any atom is -0.772 e. The molecule has 0 aromatic heterocycles. The first-order valence-electron chi connectivity index (χ1n) is 17.5. The number of nitrogens with zero attached hydrogens (tertiary/aromatic N) is 1. The van der Waals surface area contributed by atoms with Crippen molar-refractivity contribution in [3.63, 3.8) is 0 Å². The van der Waals surface area contributed by atoms with E-state index in [4.69, 9.17) is 0 Å². The van der Waals surface area contributed by atoms with Crippen LogP contribution >= 0.6 is 0 Å². The molecule has 4 saturated carbocycles. The van der Waals surface area contributed by atoms with Gasteiger partial charge in [-0.25, -0.2) is 4.79 Å². The van der Waals surface area contributed by atoms with Crippen LogP contribution in [0.3, 0.4) is 0 Å². The van der Waals surface area contributed by atoms with Gasteiger partial charge >= 0.3 is 6.03 Å². The summed E-state index contributed by atoms with van der Waals surface area (Å²) < 4.78 is 24.1. The van der Waals surface area contributed by atoms with Crippen molar-refractivity contribution >= 4 is 40.6 Å². The van der Waals surface area contributed by atoms with Crippen LogP contribution in [0.25, 0.3) is 0 Å². The molecule has 5 amide bonds. The summed E-state index contributed by atoms with van der Waals surface area (Å²) >= 11 is -2.38. The van der Waals surface area contributed by atoms with Crippen LogP contribution in [0.4, 0.5) is 4.79 Å². The first-order chi connectivity index (χ1) is 21.9. The lowest BCUT2D eigenvalue weighted by molar-refractivity contribution is -0.144.